The van der Waals surface area contributed by atoms with Crippen LogP contribution in [0, 0.1) is 0 Å². The second-order valence-corrected chi connectivity index (χ2v) is 21.6. The molecular formula is C68H122O6. The van der Waals surface area contributed by atoms with Crippen molar-refractivity contribution >= 4 is 17.9 Å². The molecular weight excluding hydrogens is 913 g/mol. The van der Waals surface area contributed by atoms with Gasteiger partial charge in [0.2, 0.25) is 0 Å². The van der Waals surface area contributed by atoms with Gasteiger partial charge in [0.05, 0.1) is 0 Å². The molecule has 6 heteroatoms. The molecule has 0 spiro atoms. The standard InChI is InChI=1S/C68H122O6/c1-4-7-10-13-16-19-22-25-27-28-29-30-31-32-33-34-35-36-37-38-39-41-43-46-49-52-55-58-61-67(70)73-64-65(63-72-66(69)60-57-54-51-48-45-42-24-21-18-15-12-9-6-3)74-68(71)62-59-56-53-50-47-44-40-26-23-20-17-14-11-8-5-2/h8,11,17,20-21,24,26,40,47,50,65H,4-7,9-10,12-16,18-19,22-23,25,27-39,41-46,48-49,51-64H2,1-3H3/b11-8-,20-17-,24-21-,40-26-,50-47-. The number of ether oxygens (including phenoxy) is 3. The third kappa shape index (κ3) is 60.0. The largest absolute Gasteiger partial charge is 0.462 e. The summed E-state index contributed by atoms with van der Waals surface area (Å²) < 4.78 is 16.9. The van der Waals surface area contributed by atoms with E-state index in [-0.39, 0.29) is 37.5 Å². The van der Waals surface area contributed by atoms with Gasteiger partial charge < -0.3 is 14.2 Å². The van der Waals surface area contributed by atoms with Crippen LogP contribution in [0.5, 0.6) is 0 Å². The minimum absolute atomic E-state index is 0.0907. The van der Waals surface area contributed by atoms with Crippen LogP contribution in [-0.4, -0.2) is 37.2 Å². The minimum Gasteiger partial charge on any atom is -0.462 e. The fourth-order valence-corrected chi connectivity index (χ4v) is 9.43. The van der Waals surface area contributed by atoms with Crippen molar-refractivity contribution in [3.8, 4) is 0 Å². The van der Waals surface area contributed by atoms with Crippen LogP contribution in [0.1, 0.15) is 335 Å². The van der Waals surface area contributed by atoms with E-state index in [4.69, 9.17) is 14.2 Å². The van der Waals surface area contributed by atoms with E-state index in [0.717, 1.165) is 83.5 Å². The molecule has 0 aromatic carbocycles. The Morgan fingerprint density at radius 3 is 0.878 bits per heavy atom. The van der Waals surface area contributed by atoms with Crippen LogP contribution in [0.15, 0.2) is 60.8 Å². The molecule has 0 aromatic rings. The van der Waals surface area contributed by atoms with Crippen molar-refractivity contribution in [1.82, 2.24) is 0 Å². The SMILES string of the molecule is CC/C=C\C/C=C\C/C=C\C/C=C\CCCCC(=O)OC(COC(=O)CCCCCCC/C=C\CCCCCC)COC(=O)CCCCCCCCCCCCCCCCCCCCCCCCCCCCCC. The van der Waals surface area contributed by atoms with Gasteiger partial charge >= 0.3 is 17.9 Å². The number of unbranched alkanes of at least 4 members (excludes halogenated alkanes) is 38. The maximum Gasteiger partial charge on any atom is 0.306 e. The number of hydrogen-bond donors (Lipinski definition) is 0. The summed E-state index contributed by atoms with van der Waals surface area (Å²) in [6.45, 7) is 6.51. The van der Waals surface area contributed by atoms with Gasteiger partial charge in [-0.05, 0) is 83.5 Å². The van der Waals surface area contributed by atoms with Crippen LogP contribution in [0.4, 0.5) is 0 Å². The lowest BCUT2D eigenvalue weighted by molar-refractivity contribution is -0.167. The lowest BCUT2D eigenvalue weighted by atomic mass is 10.0. The topological polar surface area (TPSA) is 78.9 Å². The van der Waals surface area contributed by atoms with E-state index in [2.05, 4.69) is 81.5 Å². The van der Waals surface area contributed by atoms with Gasteiger partial charge in [-0.2, -0.15) is 0 Å². The fraction of sp³-hybridized carbons (Fsp3) is 0.809. The third-order valence-corrected chi connectivity index (χ3v) is 14.3. The Labute approximate surface area is 460 Å². The lowest BCUT2D eigenvalue weighted by Gasteiger charge is -2.18. The molecule has 0 aliphatic rings. The molecule has 0 rings (SSSR count). The van der Waals surface area contributed by atoms with Crippen LogP contribution in [0.2, 0.25) is 0 Å². The first-order chi connectivity index (χ1) is 36.5. The van der Waals surface area contributed by atoms with Gasteiger partial charge in [0, 0.05) is 19.3 Å². The van der Waals surface area contributed by atoms with Crippen molar-refractivity contribution in [1.29, 1.82) is 0 Å². The molecule has 0 saturated heterocycles. The highest BCUT2D eigenvalue weighted by Crippen LogP contribution is 2.18. The van der Waals surface area contributed by atoms with E-state index in [0.29, 0.717) is 19.3 Å². The molecule has 0 aromatic heterocycles. The van der Waals surface area contributed by atoms with E-state index < -0.39 is 6.10 Å². The van der Waals surface area contributed by atoms with Crippen molar-refractivity contribution in [2.75, 3.05) is 13.2 Å². The molecule has 0 aliphatic carbocycles. The van der Waals surface area contributed by atoms with E-state index in [9.17, 15) is 14.4 Å². The average Bonchev–Trinajstić information content (AvgIpc) is 3.40. The Bertz CT molecular complexity index is 1330. The average molecular weight is 1040 g/mol. The quantitative estimate of drug-likeness (QED) is 0.0261. The van der Waals surface area contributed by atoms with E-state index >= 15 is 0 Å². The van der Waals surface area contributed by atoms with Crippen molar-refractivity contribution < 1.29 is 28.6 Å². The highest BCUT2D eigenvalue weighted by atomic mass is 16.6. The zero-order valence-electron chi connectivity index (χ0n) is 49.4. The molecule has 1 unspecified atom stereocenters. The maximum absolute atomic E-state index is 12.8. The summed E-state index contributed by atoms with van der Waals surface area (Å²) in [7, 11) is 0. The van der Waals surface area contributed by atoms with Crippen LogP contribution >= 0.6 is 0 Å². The summed E-state index contributed by atoms with van der Waals surface area (Å²) in [4.78, 5) is 38.2. The van der Waals surface area contributed by atoms with Crippen molar-refractivity contribution in [3.63, 3.8) is 0 Å². The summed E-state index contributed by atoms with van der Waals surface area (Å²) in [6, 6.07) is 0. The summed E-state index contributed by atoms with van der Waals surface area (Å²) in [5.74, 6) is -0.927. The van der Waals surface area contributed by atoms with Crippen LogP contribution in [-0.2, 0) is 28.6 Å². The first-order valence-corrected chi connectivity index (χ1v) is 32.3. The predicted molar refractivity (Wildman–Crippen MR) is 321 cm³/mol. The molecule has 430 valence electrons. The molecule has 0 amide bonds. The zero-order chi connectivity index (χ0) is 53.6. The second kappa shape index (κ2) is 62.6. The van der Waals surface area contributed by atoms with Gasteiger partial charge in [0.15, 0.2) is 6.10 Å². The number of esters is 3. The normalized spacial score (nSPS) is 12.4. The Hall–Kier alpha value is -2.89. The van der Waals surface area contributed by atoms with Gasteiger partial charge in [-0.25, -0.2) is 0 Å². The molecule has 6 nitrogen and oxygen atoms in total. The molecule has 0 heterocycles. The van der Waals surface area contributed by atoms with Gasteiger partial charge in [0.25, 0.3) is 0 Å². The fourth-order valence-electron chi connectivity index (χ4n) is 9.43. The lowest BCUT2D eigenvalue weighted by Crippen LogP contribution is -2.30. The number of carbonyl (C=O) groups is 3. The van der Waals surface area contributed by atoms with E-state index in [1.807, 2.05) is 0 Å². The number of rotatable bonds is 59. The molecule has 0 radical (unpaired) electrons. The highest BCUT2D eigenvalue weighted by molar-refractivity contribution is 5.71. The summed E-state index contributed by atoms with van der Waals surface area (Å²) in [5.41, 5.74) is 0. The Balaban J connectivity index is 4.21. The van der Waals surface area contributed by atoms with Gasteiger partial charge in [0.1, 0.15) is 13.2 Å². The Kier molecular flexibility index (Phi) is 60.2. The van der Waals surface area contributed by atoms with Gasteiger partial charge in [-0.3, -0.25) is 14.4 Å². The van der Waals surface area contributed by atoms with Crippen LogP contribution in [0.25, 0.3) is 0 Å². The Morgan fingerprint density at radius 1 is 0.284 bits per heavy atom. The van der Waals surface area contributed by atoms with Crippen molar-refractivity contribution in [2.24, 2.45) is 0 Å². The molecule has 1 atom stereocenters. The molecule has 0 bridgehead atoms. The van der Waals surface area contributed by atoms with Crippen molar-refractivity contribution in [3.05, 3.63) is 60.8 Å². The first kappa shape index (κ1) is 71.1. The van der Waals surface area contributed by atoms with Gasteiger partial charge in [-0.1, -0.05) is 293 Å². The van der Waals surface area contributed by atoms with E-state index in [1.165, 1.54) is 205 Å². The predicted octanol–water partition coefficient (Wildman–Crippen LogP) is 21.9. The summed E-state index contributed by atoms with van der Waals surface area (Å²) in [5, 5.41) is 0. The Morgan fingerprint density at radius 2 is 0.527 bits per heavy atom. The molecule has 0 N–H and O–H groups in total. The number of hydrogen-bond acceptors (Lipinski definition) is 6. The van der Waals surface area contributed by atoms with Crippen molar-refractivity contribution in [2.45, 2.75) is 341 Å². The maximum atomic E-state index is 12.8. The minimum atomic E-state index is -0.798. The number of carbonyl (C=O) groups excluding carboxylic acids is 3. The third-order valence-electron chi connectivity index (χ3n) is 14.3. The van der Waals surface area contributed by atoms with Crippen LogP contribution in [0.3, 0.4) is 0 Å². The summed E-state index contributed by atoms with van der Waals surface area (Å²) in [6.07, 6.45) is 79.7. The molecule has 0 saturated carbocycles. The highest BCUT2D eigenvalue weighted by Gasteiger charge is 2.19. The summed E-state index contributed by atoms with van der Waals surface area (Å²) >= 11 is 0. The van der Waals surface area contributed by atoms with Gasteiger partial charge in [-0.15, -0.1) is 0 Å². The monoisotopic (exact) mass is 1030 g/mol. The number of allylic oxidation sites excluding steroid dienone is 10. The molecule has 74 heavy (non-hydrogen) atoms. The zero-order valence-corrected chi connectivity index (χ0v) is 49.4. The smallest absolute Gasteiger partial charge is 0.306 e. The van der Waals surface area contributed by atoms with Crippen LogP contribution < -0.4 is 0 Å². The first-order valence-electron chi connectivity index (χ1n) is 32.3. The molecule has 0 aliphatic heterocycles. The van der Waals surface area contributed by atoms with E-state index in [1.54, 1.807) is 0 Å². The second-order valence-electron chi connectivity index (χ2n) is 21.6. The molecule has 0 fully saturated rings.